The number of hydrogen-bond donors (Lipinski definition) is 0. The van der Waals surface area contributed by atoms with Crippen molar-refractivity contribution in [1.29, 1.82) is 0 Å². The summed E-state index contributed by atoms with van der Waals surface area (Å²) < 4.78 is 58.5. The van der Waals surface area contributed by atoms with Crippen LogP contribution in [0.4, 0.5) is 17.6 Å². The van der Waals surface area contributed by atoms with Crippen LogP contribution in [0.25, 0.3) is 111 Å². The minimum absolute atomic E-state index is 0. The van der Waals surface area contributed by atoms with Gasteiger partial charge >= 0.3 is 63.2 Å². The quantitative estimate of drug-likeness (QED) is 0.0682. The summed E-state index contributed by atoms with van der Waals surface area (Å²) in [5.41, 5.74) is 14.2. The number of carbonyl (C=O) groups is 1. The van der Waals surface area contributed by atoms with E-state index >= 15 is 0 Å². The Labute approximate surface area is 612 Å². The van der Waals surface area contributed by atoms with Crippen LogP contribution in [-0.2, 0) is 90.1 Å². The number of rotatable bonds is 12. The zero-order valence-corrected chi connectivity index (χ0v) is 59.4. The van der Waals surface area contributed by atoms with E-state index < -0.39 is 23.3 Å². The first-order chi connectivity index (χ1) is 46.9. The molecule has 0 aliphatic carbocycles. The largest absolute Gasteiger partial charge is 2.00 e. The van der Waals surface area contributed by atoms with Crippen molar-refractivity contribution in [3.8, 4) is 67.8 Å². The van der Waals surface area contributed by atoms with Crippen LogP contribution in [0.1, 0.15) is 38.7 Å². The molecule has 9 nitrogen and oxygen atoms in total. The fourth-order valence-corrected chi connectivity index (χ4v) is 11.7. The van der Waals surface area contributed by atoms with Crippen LogP contribution in [0.15, 0.2) is 255 Å². The molecule has 8 aromatic heterocycles. The first-order valence-corrected chi connectivity index (χ1v) is 30.7. The fraction of sp³-hybridized carbons (Fsp3) is 0.0482. The molecule has 0 fully saturated rings. The average Bonchev–Trinajstić information content (AvgIpc) is 1.34. The van der Waals surface area contributed by atoms with Crippen LogP contribution in [-0.4, -0.2) is 44.8 Å². The second kappa shape index (κ2) is 31.5. The van der Waals surface area contributed by atoms with E-state index in [1.54, 1.807) is 60.9 Å². The first-order valence-electron chi connectivity index (χ1n) is 30.7. The van der Waals surface area contributed by atoms with Crippen LogP contribution in [0.2, 0.25) is 0 Å². The number of halogens is 4. The Morgan fingerprint density at radius 2 is 0.758 bits per heavy atom. The van der Waals surface area contributed by atoms with Crippen LogP contribution in [0, 0.1) is 59.7 Å². The summed E-state index contributed by atoms with van der Waals surface area (Å²) in [6.45, 7) is 0. The second-order valence-corrected chi connectivity index (χ2v) is 22.6. The minimum Gasteiger partial charge on any atom is -0.397 e. The molecule has 0 unspecified atom stereocenters. The van der Waals surface area contributed by atoms with Crippen molar-refractivity contribution >= 4 is 49.1 Å². The molecule has 0 N–H and O–H groups in total. The van der Waals surface area contributed by atoms with E-state index in [9.17, 15) is 22.4 Å². The molecule has 0 saturated heterocycles. The maximum atomic E-state index is 14.0. The van der Waals surface area contributed by atoms with Gasteiger partial charge in [0.05, 0.1) is 0 Å². The van der Waals surface area contributed by atoms with E-state index in [0.717, 1.165) is 124 Å². The van der Waals surface area contributed by atoms with E-state index in [1.165, 1.54) is 0 Å². The Morgan fingerprint density at radius 3 is 1.16 bits per heavy atom. The minimum atomic E-state index is -0.753. The fourth-order valence-electron chi connectivity index (χ4n) is 11.7. The van der Waals surface area contributed by atoms with Crippen molar-refractivity contribution in [2.24, 2.45) is 14.1 Å². The first kappa shape index (κ1) is 70.0. The number of benzene rings is 8. The maximum absolute atomic E-state index is 14.0. The number of aromatic nitrogens is 8. The number of hydrogen-bond acceptors (Lipinski definition) is 7. The van der Waals surface area contributed by atoms with Gasteiger partial charge in [-0.1, -0.05) is 167 Å². The van der Waals surface area contributed by atoms with Gasteiger partial charge in [0.25, 0.3) is 0 Å². The zero-order valence-electron chi connectivity index (χ0n) is 52.6. The number of pyridine rings is 6. The monoisotopic (exact) mass is 1840 g/mol. The van der Waals surface area contributed by atoms with Gasteiger partial charge in [0, 0.05) is 108 Å². The Bertz CT molecular complexity index is 5260. The summed E-state index contributed by atoms with van der Waals surface area (Å²) >= 11 is 0. The van der Waals surface area contributed by atoms with Gasteiger partial charge in [-0.2, -0.15) is 0 Å². The molecule has 8 aromatic carbocycles. The number of ketones is 1. The Balaban J connectivity index is 0.000000148. The predicted octanol–water partition coefficient (Wildman–Crippen LogP) is 18.5. The van der Waals surface area contributed by atoms with Gasteiger partial charge in [0.2, 0.25) is 0 Å². The van der Waals surface area contributed by atoms with Gasteiger partial charge in [-0.15, -0.1) is 120 Å². The molecule has 0 bridgehead atoms. The number of para-hydroxylation sites is 2. The molecule has 16 heteroatoms. The predicted molar refractivity (Wildman–Crippen MR) is 368 cm³/mol. The van der Waals surface area contributed by atoms with Crippen LogP contribution >= 0.6 is 0 Å². The second-order valence-electron chi connectivity index (χ2n) is 22.6. The maximum Gasteiger partial charge on any atom is 2.00 e. The molecule has 0 atom stereocenters. The van der Waals surface area contributed by atoms with Crippen molar-refractivity contribution in [3.05, 3.63) is 349 Å². The molecule has 0 saturated carbocycles. The van der Waals surface area contributed by atoms with E-state index in [2.05, 4.69) is 152 Å². The van der Waals surface area contributed by atoms with Crippen LogP contribution in [0.3, 0.4) is 0 Å². The molecule has 99 heavy (non-hydrogen) atoms. The average molecular weight is 1840 g/mol. The van der Waals surface area contributed by atoms with Gasteiger partial charge in [0.1, 0.15) is 5.78 Å². The Hall–Kier alpha value is -10.3. The van der Waals surface area contributed by atoms with Gasteiger partial charge in [-0.3, -0.25) is 37.5 Å². The van der Waals surface area contributed by atoms with Crippen molar-refractivity contribution in [1.82, 2.24) is 39.0 Å². The molecule has 0 radical (unpaired) electrons. The molecule has 0 amide bonds. The molecule has 8 heterocycles. The summed E-state index contributed by atoms with van der Waals surface area (Å²) in [6, 6.07) is 92.6. The van der Waals surface area contributed by atoms with Crippen LogP contribution < -0.4 is 0 Å². The molecule has 488 valence electrons. The third kappa shape index (κ3) is 15.5. The summed E-state index contributed by atoms with van der Waals surface area (Å²) in [6.07, 6.45) is 4.53. The molecular weight excluding hydrogens is 1790 g/mol. The van der Waals surface area contributed by atoms with Crippen molar-refractivity contribution in [3.63, 3.8) is 0 Å². The summed E-state index contributed by atoms with van der Waals surface area (Å²) in [7, 11) is 4.13. The summed E-state index contributed by atoms with van der Waals surface area (Å²) in [4.78, 5) is 41.3. The van der Waals surface area contributed by atoms with Gasteiger partial charge in [-0.25, -0.2) is 0 Å². The normalized spacial score (nSPS) is 10.8. The zero-order chi connectivity index (χ0) is 65.7. The standard InChI is InChI=1S/C31H18N2O.C29H22N4.C23H12F4N2.3Pt/c34-31(25-11-5-9-23(19-25)29-27-13-3-1-7-21(27)15-17-32-29)26-12-6-10-24(20-26)30-28-14-4-2-8-22(28)16-18-33-30;1-32-26-15-5-3-9-20(26)17-28(32)24-13-7-11-22(30-24)19-23-12-8-14-25(31-23)29-18-21-10-4-6-16-27(21)33(29)2;24-14-7-9-18(20(26)11-14)22-5-1-3-16(28-22)13-17-4-2-6-23(29-17)19-10-8-15(25)12-21(19)27;;;/h1-18H;3-16H,19H2,1-2H3;1-8,11-12H,13H2;;;/q3*-2;3*+2. The van der Waals surface area contributed by atoms with Gasteiger partial charge in [-0.05, 0) is 91.8 Å². The number of aryl methyl sites for hydroxylation is 2. The van der Waals surface area contributed by atoms with Crippen LogP contribution in [0.5, 0.6) is 0 Å². The number of carbonyl (C=O) groups excluding carboxylic acids is 1. The number of nitrogens with zero attached hydrogens (tertiary/aromatic N) is 8. The molecule has 0 aliphatic rings. The van der Waals surface area contributed by atoms with Crippen molar-refractivity contribution in [2.75, 3.05) is 0 Å². The SMILES string of the molecule is Cn1c(-c2cccc(Cc3cccc(-c4[c-]c5ccccc5n4C)n3)n2)[c-]c2ccccc21.Fc1c[c-]c(-c2cccc(Cc3cccc(-c4[c-]cc(F)cc4F)n3)n2)c(F)c1.O=C(c1[c-]c(-c2nccc3ccccc23)ccc1)c1[c-]c(-c2nccc3ccccc23)ccc1.[Pt+2].[Pt+2].[Pt+2]. The topological polar surface area (TPSA) is 104 Å². The Morgan fingerprint density at radius 1 is 0.394 bits per heavy atom. The van der Waals surface area contributed by atoms with Crippen molar-refractivity contribution in [2.45, 2.75) is 12.8 Å². The third-order valence-electron chi connectivity index (χ3n) is 16.3. The van der Waals surface area contributed by atoms with Crippen molar-refractivity contribution < 1.29 is 85.6 Å². The van der Waals surface area contributed by atoms with E-state index in [4.69, 9.17) is 9.97 Å². The summed E-state index contributed by atoms with van der Waals surface area (Å²) in [5.74, 6) is -3.07. The van der Waals surface area contributed by atoms with Gasteiger partial charge < -0.3 is 23.9 Å². The molecule has 0 aliphatic heterocycles. The molecule has 16 aromatic rings. The summed E-state index contributed by atoms with van der Waals surface area (Å²) in [5, 5.41) is 6.45. The molecular formula is C83H52F4N8OPt3. The van der Waals surface area contributed by atoms with E-state index in [-0.39, 0.29) is 80.1 Å². The van der Waals surface area contributed by atoms with E-state index in [1.807, 2.05) is 97.1 Å². The third-order valence-corrected chi connectivity index (χ3v) is 16.3. The van der Waals surface area contributed by atoms with E-state index in [0.29, 0.717) is 46.7 Å². The smallest absolute Gasteiger partial charge is 0.397 e. The molecule has 16 rings (SSSR count). The molecule has 0 spiro atoms. The number of fused-ring (bicyclic) bond motifs is 4. The Kier molecular flexibility index (Phi) is 22.3. The van der Waals surface area contributed by atoms with Gasteiger partial charge in [0.15, 0.2) is 0 Å².